The number of carbonyl (C=O) groups is 1. The molecule has 0 aliphatic heterocycles. The number of aromatic nitrogens is 1. The second kappa shape index (κ2) is 5.68. The van der Waals surface area contributed by atoms with E-state index in [1.807, 2.05) is 0 Å². The predicted octanol–water partition coefficient (Wildman–Crippen LogP) is 2.57. The third-order valence-corrected chi connectivity index (χ3v) is 2.52. The second-order valence-electron chi connectivity index (χ2n) is 2.95. The second-order valence-corrected chi connectivity index (χ2v) is 3.51. The van der Waals surface area contributed by atoms with Crippen LogP contribution in [0.5, 0.6) is 0 Å². The molecule has 17 heavy (non-hydrogen) atoms. The zero-order valence-electron chi connectivity index (χ0n) is 8.71. The number of halogens is 3. The van der Waals surface area contributed by atoms with Crippen LogP contribution in [0.1, 0.15) is 33.7 Å². The average Bonchev–Trinajstić information content (AvgIpc) is 2.35. The molecule has 1 rings (SSSR count). The molecule has 0 amide bonds. The molecule has 0 N–H and O–H groups in total. The summed E-state index contributed by atoms with van der Waals surface area (Å²) >= 11 is 3.04. The van der Waals surface area contributed by atoms with Crippen molar-refractivity contribution >= 4 is 21.9 Å². The minimum atomic E-state index is -2.91. The van der Waals surface area contributed by atoms with Crippen molar-refractivity contribution in [2.45, 2.75) is 11.8 Å². The zero-order valence-corrected chi connectivity index (χ0v) is 10.3. The van der Waals surface area contributed by atoms with E-state index in [2.05, 4.69) is 25.7 Å². The fraction of sp³-hybridized carbons (Fsp3) is 0.300. The Morgan fingerprint density at radius 1 is 1.71 bits per heavy atom. The third kappa shape index (κ3) is 2.77. The van der Waals surface area contributed by atoms with Crippen LogP contribution in [-0.2, 0) is 10.1 Å². The summed E-state index contributed by atoms with van der Waals surface area (Å²) in [6.07, 6.45) is -2.91. The number of alkyl halides is 3. The molecular weight excluding hydrogens is 298 g/mol. The molecule has 1 aromatic heterocycles. The number of hydrogen-bond acceptors (Lipinski definition) is 4. The molecule has 0 bridgehead atoms. The van der Waals surface area contributed by atoms with Crippen LogP contribution in [0.3, 0.4) is 0 Å². The lowest BCUT2D eigenvalue weighted by atomic mass is 10.1. The molecule has 7 heteroatoms. The standard InChI is InChI=1S/C10H7BrF2N2O2/c1-17-10(16)6-2-5(4-14)7(3-11)15-8(6)9(12)13/h2,9H,3H2,1H3. The van der Waals surface area contributed by atoms with E-state index in [0.29, 0.717) is 0 Å². The van der Waals surface area contributed by atoms with E-state index in [4.69, 9.17) is 5.26 Å². The number of pyridine rings is 1. The van der Waals surface area contributed by atoms with E-state index < -0.39 is 18.1 Å². The van der Waals surface area contributed by atoms with Gasteiger partial charge in [-0.3, -0.25) is 0 Å². The molecule has 0 fully saturated rings. The number of methoxy groups -OCH3 is 1. The van der Waals surface area contributed by atoms with Crippen LogP contribution in [0.4, 0.5) is 8.78 Å². The molecule has 90 valence electrons. The summed E-state index contributed by atoms with van der Waals surface area (Å²) < 4.78 is 29.8. The van der Waals surface area contributed by atoms with Crippen molar-refractivity contribution in [2.75, 3.05) is 7.11 Å². The Bertz CT molecular complexity index is 486. The highest BCUT2D eigenvalue weighted by molar-refractivity contribution is 9.08. The molecule has 0 saturated carbocycles. The highest BCUT2D eigenvalue weighted by Gasteiger charge is 2.23. The quantitative estimate of drug-likeness (QED) is 0.636. The van der Waals surface area contributed by atoms with E-state index in [0.717, 1.165) is 13.2 Å². The molecule has 0 aromatic carbocycles. The van der Waals surface area contributed by atoms with Crippen LogP contribution >= 0.6 is 15.9 Å². The van der Waals surface area contributed by atoms with Crippen LogP contribution < -0.4 is 0 Å². The normalized spacial score (nSPS) is 10.1. The first-order chi connectivity index (χ1) is 8.04. The van der Waals surface area contributed by atoms with Crippen molar-refractivity contribution in [3.8, 4) is 6.07 Å². The minimum absolute atomic E-state index is 0.0617. The third-order valence-electron chi connectivity index (χ3n) is 1.99. The number of rotatable bonds is 3. The van der Waals surface area contributed by atoms with Gasteiger partial charge in [-0.15, -0.1) is 0 Å². The van der Waals surface area contributed by atoms with Gasteiger partial charge in [0.25, 0.3) is 6.43 Å². The molecule has 4 nitrogen and oxygen atoms in total. The first-order valence-corrected chi connectivity index (χ1v) is 5.53. The first-order valence-electron chi connectivity index (χ1n) is 4.41. The number of esters is 1. The Balaban J connectivity index is 3.47. The summed E-state index contributed by atoms with van der Waals surface area (Å²) in [6, 6.07) is 2.85. The highest BCUT2D eigenvalue weighted by Crippen LogP contribution is 2.24. The van der Waals surface area contributed by atoms with Crippen LogP contribution in [0.15, 0.2) is 6.07 Å². The predicted molar refractivity (Wildman–Crippen MR) is 57.9 cm³/mol. The van der Waals surface area contributed by atoms with Crippen molar-refractivity contribution in [1.82, 2.24) is 4.98 Å². The van der Waals surface area contributed by atoms with Gasteiger partial charge in [-0.1, -0.05) is 15.9 Å². The van der Waals surface area contributed by atoms with Gasteiger partial charge in [-0.25, -0.2) is 18.6 Å². The lowest BCUT2D eigenvalue weighted by molar-refractivity contribution is 0.0587. The van der Waals surface area contributed by atoms with Crippen molar-refractivity contribution in [3.05, 3.63) is 28.6 Å². The van der Waals surface area contributed by atoms with E-state index in [1.165, 1.54) is 0 Å². The van der Waals surface area contributed by atoms with Gasteiger partial charge in [0.05, 0.1) is 23.9 Å². The largest absolute Gasteiger partial charge is 0.465 e. The number of carbonyl (C=O) groups excluding carboxylic acids is 1. The highest BCUT2D eigenvalue weighted by atomic mass is 79.9. The van der Waals surface area contributed by atoms with Crippen LogP contribution in [0.2, 0.25) is 0 Å². The average molecular weight is 305 g/mol. The summed E-state index contributed by atoms with van der Waals surface area (Å²) in [4.78, 5) is 14.9. The number of nitriles is 1. The van der Waals surface area contributed by atoms with Crippen molar-refractivity contribution in [2.24, 2.45) is 0 Å². The van der Waals surface area contributed by atoms with E-state index >= 15 is 0 Å². The molecular formula is C10H7BrF2N2O2. The fourth-order valence-electron chi connectivity index (χ4n) is 1.21. The van der Waals surface area contributed by atoms with Crippen LogP contribution in [0.25, 0.3) is 0 Å². The van der Waals surface area contributed by atoms with Gasteiger partial charge >= 0.3 is 5.97 Å². The Morgan fingerprint density at radius 3 is 2.76 bits per heavy atom. The van der Waals surface area contributed by atoms with Gasteiger partial charge in [0, 0.05) is 5.33 Å². The van der Waals surface area contributed by atoms with Crippen molar-refractivity contribution in [3.63, 3.8) is 0 Å². The topological polar surface area (TPSA) is 63.0 Å². The summed E-state index contributed by atoms with van der Waals surface area (Å²) in [5.74, 6) is -0.939. The molecule has 0 radical (unpaired) electrons. The maximum atomic E-state index is 12.7. The lowest BCUT2D eigenvalue weighted by Crippen LogP contribution is -2.11. The zero-order chi connectivity index (χ0) is 13.0. The van der Waals surface area contributed by atoms with Crippen LogP contribution in [-0.4, -0.2) is 18.1 Å². The Hall–Kier alpha value is -1.55. The van der Waals surface area contributed by atoms with Gasteiger partial charge in [-0.2, -0.15) is 5.26 Å². The van der Waals surface area contributed by atoms with E-state index in [1.54, 1.807) is 6.07 Å². The maximum absolute atomic E-state index is 12.7. The van der Waals surface area contributed by atoms with Gasteiger partial charge in [0.15, 0.2) is 0 Å². The first kappa shape index (κ1) is 13.5. The molecule has 0 aliphatic rings. The summed E-state index contributed by atoms with van der Waals surface area (Å²) in [6.45, 7) is 0. The van der Waals surface area contributed by atoms with Crippen molar-refractivity contribution < 1.29 is 18.3 Å². The van der Waals surface area contributed by atoms with Gasteiger partial charge < -0.3 is 4.74 Å². The Labute approximate surface area is 104 Å². The van der Waals surface area contributed by atoms with E-state index in [-0.39, 0.29) is 22.2 Å². The molecule has 0 saturated heterocycles. The molecule has 1 heterocycles. The molecule has 0 unspecified atom stereocenters. The maximum Gasteiger partial charge on any atom is 0.339 e. The number of hydrogen-bond donors (Lipinski definition) is 0. The Kier molecular flexibility index (Phi) is 4.52. The summed E-state index contributed by atoms with van der Waals surface area (Å²) in [5.41, 5.74) is -0.837. The SMILES string of the molecule is COC(=O)c1cc(C#N)c(CBr)nc1C(F)F. The smallest absolute Gasteiger partial charge is 0.339 e. The van der Waals surface area contributed by atoms with Crippen LogP contribution in [0, 0.1) is 11.3 Å². The molecule has 0 spiro atoms. The number of ether oxygens (including phenoxy) is 1. The lowest BCUT2D eigenvalue weighted by Gasteiger charge is -2.09. The molecule has 0 aliphatic carbocycles. The fourth-order valence-corrected chi connectivity index (χ4v) is 1.63. The van der Waals surface area contributed by atoms with Crippen molar-refractivity contribution in [1.29, 1.82) is 5.26 Å². The Morgan fingerprint density at radius 2 is 2.35 bits per heavy atom. The van der Waals surface area contributed by atoms with Gasteiger partial charge in [-0.05, 0) is 6.07 Å². The molecule has 0 atom stereocenters. The molecule has 1 aromatic rings. The van der Waals surface area contributed by atoms with E-state index in [9.17, 15) is 13.6 Å². The summed E-state index contributed by atoms with van der Waals surface area (Å²) in [5, 5.41) is 8.96. The van der Waals surface area contributed by atoms with Gasteiger partial charge in [0.1, 0.15) is 11.8 Å². The summed E-state index contributed by atoms with van der Waals surface area (Å²) in [7, 11) is 1.07. The van der Waals surface area contributed by atoms with Gasteiger partial charge in [0.2, 0.25) is 0 Å². The number of nitrogens with zero attached hydrogens (tertiary/aromatic N) is 2. The monoisotopic (exact) mass is 304 g/mol. The minimum Gasteiger partial charge on any atom is -0.465 e.